The highest BCUT2D eigenvalue weighted by Crippen LogP contribution is 2.24. The van der Waals surface area contributed by atoms with Crippen LogP contribution in [0.25, 0.3) is 11.3 Å². The third-order valence-electron chi connectivity index (χ3n) is 3.58. The van der Waals surface area contributed by atoms with Crippen molar-refractivity contribution in [3.05, 3.63) is 52.4 Å². The van der Waals surface area contributed by atoms with Crippen LogP contribution >= 0.6 is 11.3 Å². The van der Waals surface area contributed by atoms with Gasteiger partial charge in [0.2, 0.25) is 0 Å². The van der Waals surface area contributed by atoms with E-state index in [1.54, 1.807) is 11.3 Å². The molecule has 0 saturated heterocycles. The molecule has 3 rings (SSSR count). The lowest BCUT2D eigenvalue weighted by Gasteiger charge is -2.10. The number of aromatic nitrogens is 1. The maximum atomic E-state index is 12.2. The maximum Gasteiger partial charge on any atom is 0.165 e. The number of hydrogen-bond acceptors (Lipinski definition) is 3. The fourth-order valence-electron chi connectivity index (χ4n) is 2.48. The van der Waals surface area contributed by atoms with Crippen LogP contribution in [-0.4, -0.2) is 10.8 Å². The Bertz CT molecular complexity index is 627. The minimum absolute atomic E-state index is 0.249. The predicted octanol–water partition coefficient (Wildman–Crippen LogP) is 4.42. The molecule has 1 aromatic carbocycles. The van der Waals surface area contributed by atoms with E-state index in [-0.39, 0.29) is 5.78 Å². The van der Waals surface area contributed by atoms with Crippen molar-refractivity contribution in [1.82, 2.24) is 4.98 Å². The fraction of sp³-hybridized carbons (Fsp3) is 0.294. The molecule has 0 bridgehead atoms. The summed E-state index contributed by atoms with van der Waals surface area (Å²) in [4.78, 5) is 16.8. The summed E-state index contributed by atoms with van der Waals surface area (Å²) in [6, 6.07) is 10.1. The van der Waals surface area contributed by atoms with Gasteiger partial charge in [-0.15, -0.1) is 11.3 Å². The third-order valence-corrected chi connectivity index (χ3v) is 4.43. The summed E-state index contributed by atoms with van der Waals surface area (Å²) in [5.74, 6) is 0.249. The van der Waals surface area contributed by atoms with Crippen molar-refractivity contribution >= 4 is 17.1 Å². The summed E-state index contributed by atoms with van der Waals surface area (Å²) in [5.41, 5.74) is 3.09. The van der Waals surface area contributed by atoms with Crippen molar-refractivity contribution in [2.45, 2.75) is 32.1 Å². The first kappa shape index (κ1) is 13.3. The molecule has 1 aliphatic rings. The summed E-state index contributed by atoms with van der Waals surface area (Å²) in [6.45, 7) is 0. The highest BCUT2D eigenvalue weighted by atomic mass is 32.1. The predicted molar refractivity (Wildman–Crippen MR) is 82.8 cm³/mol. The van der Waals surface area contributed by atoms with Crippen molar-refractivity contribution in [2.75, 3.05) is 0 Å². The van der Waals surface area contributed by atoms with Crippen LogP contribution in [0.3, 0.4) is 0 Å². The van der Waals surface area contributed by atoms with E-state index in [1.165, 1.54) is 6.42 Å². The molecule has 2 aromatic rings. The number of carbonyl (C=O) groups is 1. The first-order valence-corrected chi connectivity index (χ1v) is 7.93. The van der Waals surface area contributed by atoms with Crippen molar-refractivity contribution < 1.29 is 4.79 Å². The van der Waals surface area contributed by atoms with Gasteiger partial charge in [0.15, 0.2) is 5.78 Å². The largest absolute Gasteiger partial charge is 0.294 e. The van der Waals surface area contributed by atoms with Gasteiger partial charge in [-0.25, -0.2) is 4.98 Å². The molecule has 0 saturated carbocycles. The number of ketones is 1. The zero-order valence-corrected chi connectivity index (χ0v) is 12.2. The molecule has 0 amide bonds. The van der Waals surface area contributed by atoms with E-state index >= 15 is 0 Å². The van der Waals surface area contributed by atoms with Gasteiger partial charge in [-0.3, -0.25) is 4.79 Å². The van der Waals surface area contributed by atoms with E-state index in [2.05, 4.69) is 11.1 Å². The molecule has 1 heterocycles. The Hall–Kier alpha value is -1.74. The molecule has 0 spiro atoms. The van der Waals surface area contributed by atoms with Gasteiger partial charge in [-0.05, 0) is 31.3 Å². The molecule has 0 N–H and O–H groups in total. The normalized spacial score (nSPS) is 14.9. The van der Waals surface area contributed by atoms with Crippen molar-refractivity contribution in [3.63, 3.8) is 0 Å². The minimum Gasteiger partial charge on any atom is -0.294 e. The molecular weight excluding hydrogens is 266 g/mol. The highest BCUT2D eigenvalue weighted by molar-refractivity contribution is 7.10. The zero-order chi connectivity index (χ0) is 13.8. The summed E-state index contributed by atoms with van der Waals surface area (Å²) in [6.07, 6.45) is 6.90. The Morgan fingerprint density at radius 3 is 2.80 bits per heavy atom. The van der Waals surface area contributed by atoms with Gasteiger partial charge in [0.1, 0.15) is 5.01 Å². The van der Waals surface area contributed by atoms with Gasteiger partial charge in [-0.1, -0.05) is 36.4 Å². The van der Waals surface area contributed by atoms with Crippen LogP contribution in [0.4, 0.5) is 0 Å². The Kier molecular flexibility index (Phi) is 4.07. The number of benzene rings is 1. The summed E-state index contributed by atoms with van der Waals surface area (Å²) in [7, 11) is 0. The summed E-state index contributed by atoms with van der Waals surface area (Å²) in [5, 5.41) is 2.95. The second kappa shape index (κ2) is 6.14. The lowest BCUT2D eigenvalue weighted by atomic mass is 9.95. The second-order valence-corrected chi connectivity index (χ2v) is 6.01. The summed E-state index contributed by atoms with van der Waals surface area (Å²) < 4.78 is 0. The summed E-state index contributed by atoms with van der Waals surface area (Å²) >= 11 is 1.58. The number of thiazole rings is 1. The first-order valence-electron chi connectivity index (χ1n) is 7.05. The molecule has 1 aromatic heterocycles. The Labute approximate surface area is 123 Å². The molecule has 0 unspecified atom stereocenters. The number of nitrogens with zero attached hydrogens (tertiary/aromatic N) is 1. The van der Waals surface area contributed by atoms with Crippen LogP contribution in [-0.2, 0) is 11.2 Å². The average molecular weight is 283 g/mol. The molecule has 2 nitrogen and oxygen atoms in total. The third kappa shape index (κ3) is 3.05. The minimum atomic E-state index is 0.249. The van der Waals surface area contributed by atoms with Gasteiger partial charge in [0.05, 0.1) is 12.1 Å². The van der Waals surface area contributed by atoms with Crippen LogP contribution < -0.4 is 0 Å². The SMILES string of the molecule is O=C(Cc1nc(-c2ccccc2)cs1)C1=CCCCC1. The van der Waals surface area contributed by atoms with E-state index in [9.17, 15) is 4.79 Å². The van der Waals surface area contributed by atoms with Crippen LogP contribution in [0, 0.1) is 0 Å². The maximum absolute atomic E-state index is 12.2. The first-order chi connectivity index (χ1) is 9.83. The lowest BCUT2D eigenvalue weighted by molar-refractivity contribution is -0.115. The van der Waals surface area contributed by atoms with Crippen molar-refractivity contribution in [3.8, 4) is 11.3 Å². The number of Topliss-reactive ketones (excluding diaryl/α,β-unsaturated/α-hetero) is 1. The topological polar surface area (TPSA) is 30.0 Å². The molecule has 3 heteroatoms. The second-order valence-electron chi connectivity index (χ2n) is 5.07. The quantitative estimate of drug-likeness (QED) is 0.831. The van der Waals surface area contributed by atoms with Gasteiger partial charge in [0.25, 0.3) is 0 Å². The molecule has 102 valence electrons. The zero-order valence-electron chi connectivity index (χ0n) is 11.3. The van der Waals surface area contributed by atoms with Crippen LogP contribution in [0.5, 0.6) is 0 Å². The highest BCUT2D eigenvalue weighted by Gasteiger charge is 2.15. The van der Waals surface area contributed by atoms with Crippen molar-refractivity contribution in [1.29, 1.82) is 0 Å². The average Bonchev–Trinajstić information content (AvgIpc) is 2.97. The van der Waals surface area contributed by atoms with E-state index in [4.69, 9.17) is 0 Å². The van der Waals surface area contributed by atoms with E-state index in [0.717, 1.165) is 41.1 Å². The Morgan fingerprint density at radius 1 is 1.20 bits per heavy atom. The van der Waals surface area contributed by atoms with Gasteiger partial charge >= 0.3 is 0 Å². The van der Waals surface area contributed by atoms with Crippen LogP contribution in [0.1, 0.15) is 30.7 Å². The fourth-order valence-corrected chi connectivity index (χ4v) is 3.28. The molecule has 0 atom stereocenters. The van der Waals surface area contributed by atoms with Gasteiger partial charge < -0.3 is 0 Å². The molecule has 0 fully saturated rings. The smallest absolute Gasteiger partial charge is 0.165 e. The Balaban J connectivity index is 1.71. The van der Waals surface area contributed by atoms with E-state index < -0.39 is 0 Å². The van der Waals surface area contributed by atoms with Gasteiger partial charge in [0, 0.05) is 10.9 Å². The number of carbonyl (C=O) groups excluding carboxylic acids is 1. The monoisotopic (exact) mass is 283 g/mol. The van der Waals surface area contributed by atoms with Crippen LogP contribution in [0.2, 0.25) is 0 Å². The molecule has 0 radical (unpaired) electrons. The lowest BCUT2D eigenvalue weighted by Crippen LogP contribution is -2.08. The molecule has 20 heavy (non-hydrogen) atoms. The van der Waals surface area contributed by atoms with Crippen molar-refractivity contribution in [2.24, 2.45) is 0 Å². The standard InChI is InChI=1S/C17H17NOS/c19-16(14-9-5-2-6-10-14)11-17-18-15(12-20-17)13-7-3-1-4-8-13/h1,3-4,7-9,12H,2,5-6,10-11H2. The Morgan fingerprint density at radius 2 is 2.05 bits per heavy atom. The number of allylic oxidation sites excluding steroid dienone is 2. The molecule has 1 aliphatic carbocycles. The van der Waals surface area contributed by atoms with Gasteiger partial charge in [-0.2, -0.15) is 0 Å². The van der Waals surface area contributed by atoms with Crippen LogP contribution in [0.15, 0.2) is 47.4 Å². The number of rotatable bonds is 4. The number of hydrogen-bond donors (Lipinski definition) is 0. The molecular formula is C17H17NOS. The van der Waals surface area contributed by atoms with E-state index in [1.807, 2.05) is 35.7 Å². The molecule has 0 aliphatic heterocycles. The van der Waals surface area contributed by atoms with E-state index in [0.29, 0.717) is 6.42 Å².